The largest absolute Gasteiger partial charge is 0.356 e. The van der Waals surface area contributed by atoms with E-state index >= 15 is 0 Å². The van der Waals surface area contributed by atoms with Crippen LogP contribution in [0.2, 0.25) is 0 Å². The minimum atomic E-state index is -3.53. The van der Waals surface area contributed by atoms with Gasteiger partial charge in [0.1, 0.15) is 0 Å². The summed E-state index contributed by atoms with van der Waals surface area (Å²) in [5, 5.41) is 3.04. The highest BCUT2D eigenvalue weighted by Gasteiger charge is 2.35. The molecule has 0 unspecified atom stereocenters. The van der Waals surface area contributed by atoms with Crippen LogP contribution in [0.1, 0.15) is 52.4 Å². The predicted molar refractivity (Wildman–Crippen MR) is 117 cm³/mol. The molecule has 1 N–H and O–H groups in total. The second-order valence-corrected chi connectivity index (χ2v) is 10.2. The van der Waals surface area contributed by atoms with Crippen molar-refractivity contribution in [2.75, 3.05) is 31.1 Å². The van der Waals surface area contributed by atoms with E-state index < -0.39 is 10.0 Å². The summed E-state index contributed by atoms with van der Waals surface area (Å²) >= 11 is 0. The molecule has 0 bridgehead atoms. The van der Waals surface area contributed by atoms with Crippen molar-refractivity contribution in [1.82, 2.24) is 9.62 Å². The summed E-state index contributed by atoms with van der Waals surface area (Å²) < 4.78 is 26.7. The van der Waals surface area contributed by atoms with E-state index in [9.17, 15) is 18.0 Å². The van der Waals surface area contributed by atoms with E-state index in [4.69, 9.17) is 0 Å². The first kappa shape index (κ1) is 22.7. The van der Waals surface area contributed by atoms with Crippen molar-refractivity contribution in [1.29, 1.82) is 0 Å². The minimum absolute atomic E-state index is 0.0582. The highest BCUT2D eigenvalue weighted by atomic mass is 32.2. The van der Waals surface area contributed by atoms with Gasteiger partial charge in [-0.2, -0.15) is 4.31 Å². The lowest BCUT2D eigenvalue weighted by molar-refractivity contribution is -0.126. The molecule has 7 nitrogen and oxygen atoms in total. The van der Waals surface area contributed by atoms with Crippen molar-refractivity contribution in [2.24, 2.45) is 11.8 Å². The first-order chi connectivity index (χ1) is 14.4. The quantitative estimate of drug-likeness (QED) is 0.680. The Morgan fingerprint density at radius 2 is 1.73 bits per heavy atom. The number of rotatable bonds is 8. The number of anilines is 1. The van der Waals surface area contributed by atoms with Gasteiger partial charge in [0.25, 0.3) is 0 Å². The van der Waals surface area contributed by atoms with E-state index in [-0.39, 0.29) is 29.0 Å². The lowest BCUT2D eigenvalue weighted by Gasteiger charge is -2.22. The number of amides is 2. The topological polar surface area (TPSA) is 86.8 Å². The van der Waals surface area contributed by atoms with Gasteiger partial charge in [0.2, 0.25) is 21.8 Å². The average molecular weight is 436 g/mol. The van der Waals surface area contributed by atoms with Gasteiger partial charge in [0.05, 0.1) is 10.8 Å². The Morgan fingerprint density at radius 1 is 1.10 bits per heavy atom. The van der Waals surface area contributed by atoms with Crippen molar-refractivity contribution < 1.29 is 18.0 Å². The maximum Gasteiger partial charge on any atom is 0.243 e. The molecule has 2 aliphatic rings. The predicted octanol–water partition coefficient (Wildman–Crippen LogP) is 2.77. The monoisotopic (exact) mass is 435 g/mol. The lowest BCUT2D eigenvalue weighted by atomic mass is 9.89. The standard InChI is InChI=1S/C22H33N3O4S/c1-3-24(4-2)30(28,29)20-12-10-19(11-13-20)25-16-18(14-21(25)26)22(27)23-15-17-8-6-5-7-9-17/h10-13,17-18H,3-9,14-16H2,1-2H3,(H,23,27)/t18-/m1/s1. The summed E-state index contributed by atoms with van der Waals surface area (Å²) in [6, 6.07) is 6.37. The normalized spacial score (nSPS) is 20.7. The van der Waals surface area contributed by atoms with E-state index in [0.29, 0.717) is 37.8 Å². The zero-order chi connectivity index (χ0) is 21.7. The zero-order valence-corrected chi connectivity index (χ0v) is 18.8. The molecule has 2 fully saturated rings. The molecule has 1 aromatic carbocycles. The van der Waals surface area contributed by atoms with Gasteiger partial charge in [-0.1, -0.05) is 33.1 Å². The SMILES string of the molecule is CCN(CC)S(=O)(=O)c1ccc(N2C[C@H](C(=O)NCC3CCCCC3)CC2=O)cc1. The van der Waals surface area contributed by atoms with Crippen LogP contribution in [-0.4, -0.2) is 50.7 Å². The van der Waals surface area contributed by atoms with Crippen molar-refractivity contribution in [3.05, 3.63) is 24.3 Å². The van der Waals surface area contributed by atoms with E-state index in [0.717, 1.165) is 0 Å². The van der Waals surface area contributed by atoms with Gasteiger partial charge < -0.3 is 10.2 Å². The van der Waals surface area contributed by atoms with Crippen LogP contribution >= 0.6 is 0 Å². The van der Waals surface area contributed by atoms with E-state index in [2.05, 4.69) is 5.32 Å². The summed E-state index contributed by atoms with van der Waals surface area (Å²) in [4.78, 5) is 26.9. The summed E-state index contributed by atoms with van der Waals surface area (Å²) in [7, 11) is -3.53. The van der Waals surface area contributed by atoms with Crippen molar-refractivity contribution >= 4 is 27.5 Å². The molecule has 3 rings (SSSR count). The Morgan fingerprint density at radius 3 is 2.33 bits per heavy atom. The highest BCUT2D eigenvalue weighted by molar-refractivity contribution is 7.89. The van der Waals surface area contributed by atoms with Gasteiger partial charge in [0, 0.05) is 38.3 Å². The smallest absolute Gasteiger partial charge is 0.243 e. The molecule has 1 saturated carbocycles. The van der Waals surface area contributed by atoms with Gasteiger partial charge >= 0.3 is 0 Å². The van der Waals surface area contributed by atoms with E-state index in [1.807, 2.05) is 0 Å². The van der Waals surface area contributed by atoms with Crippen LogP contribution in [-0.2, 0) is 19.6 Å². The molecule has 8 heteroatoms. The number of carbonyl (C=O) groups excluding carboxylic acids is 2. The van der Waals surface area contributed by atoms with Crippen molar-refractivity contribution in [3.63, 3.8) is 0 Å². The number of sulfonamides is 1. The number of nitrogens with zero attached hydrogens (tertiary/aromatic N) is 2. The fourth-order valence-corrected chi connectivity index (χ4v) is 5.88. The van der Waals surface area contributed by atoms with E-state index in [1.54, 1.807) is 30.9 Å². The fourth-order valence-electron chi connectivity index (χ4n) is 4.42. The third-order valence-electron chi connectivity index (χ3n) is 6.28. The maximum atomic E-state index is 12.6. The number of benzene rings is 1. The second kappa shape index (κ2) is 9.92. The number of hydrogen-bond acceptors (Lipinski definition) is 4. The summed E-state index contributed by atoms with van der Waals surface area (Å²) in [6.45, 7) is 5.44. The maximum absolute atomic E-state index is 12.6. The highest BCUT2D eigenvalue weighted by Crippen LogP contribution is 2.28. The molecule has 1 aliphatic carbocycles. The van der Waals surface area contributed by atoms with E-state index in [1.165, 1.54) is 48.5 Å². The fraction of sp³-hybridized carbons (Fsp3) is 0.636. The van der Waals surface area contributed by atoms with Crippen molar-refractivity contribution in [2.45, 2.75) is 57.3 Å². The Hall–Kier alpha value is -1.93. The first-order valence-corrected chi connectivity index (χ1v) is 12.5. The van der Waals surface area contributed by atoms with Crippen LogP contribution < -0.4 is 10.2 Å². The van der Waals surface area contributed by atoms with Crippen LogP contribution in [0.3, 0.4) is 0 Å². The number of hydrogen-bond donors (Lipinski definition) is 1. The minimum Gasteiger partial charge on any atom is -0.356 e. The summed E-state index contributed by atoms with van der Waals surface area (Å²) in [6.07, 6.45) is 6.27. The Labute approximate surface area is 179 Å². The average Bonchev–Trinajstić information content (AvgIpc) is 3.15. The Balaban J connectivity index is 1.61. The first-order valence-electron chi connectivity index (χ1n) is 11.0. The number of nitrogens with one attached hydrogen (secondary N) is 1. The molecule has 1 saturated heterocycles. The van der Waals surface area contributed by atoms with Crippen molar-refractivity contribution in [3.8, 4) is 0 Å². The molecule has 1 atom stereocenters. The molecule has 2 amide bonds. The summed E-state index contributed by atoms with van der Waals surface area (Å²) in [5.41, 5.74) is 0.626. The van der Waals surface area contributed by atoms with Gasteiger partial charge in [0.15, 0.2) is 0 Å². The summed E-state index contributed by atoms with van der Waals surface area (Å²) in [5.74, 6) is 0.0284. The van der Waals surface area contributed by atoms with Gasteiger partial charge in [-0.05, 0) is 43.0 Å². The molecule has 1 heterocycles. The molecular weight excluding hydrogens is 402 g/mol. The zero-order valence-electron chi connectivity index (χ0n) is 18.0. The Bertz CT molecular complexity index is 844. The lowest BCUT2D eigenvalue weighted by Crippen LogP contribution is -2.36. The molecule has 1 aromatic rings. The van der Waals surface area contributed by atoms with Crippen LogP contribution in [0.15, 0.2) is 29.2 Å². The van der Waals surface area contributed by atoms with Gasteiger partial charge in [-0.25, -0.2) is 8.42 Å². The van der Waals surface area contributed by atoms with Gasteiger partial charge in [-0.3, -0.25) is 9.59 Å². The molecule has 1 aliphatic heterocycles. The molecule has 166 valence electrons. The molecule has 30 heavy (non-hydrogen) atoms. The molecular formula is C22H33N3O4S. The second-order valence-electron chi connectivity index (χ2n) is 8.24. The number of carbonyl (C=O) groups is 2. The van der Waals surface area contributed by atoms with Crippen LogP contribution in [0.5, 0.6) is 0 Å². The van der Waals surface area contributed by atoms with Crippen LogP contribution in [0.4, 0.5) is 5.69 Å². The molecule has 0 radical (unpaired) electrons. The van der Waals surface area contributed by atoms with Crippen LogP contribution in [0, 0.1) is 11.8 Å². The Kier molecular flexibility index (Phi) is 7.52. The third-order valence-corrected chi connectivity index (χ3v) is 8.34. The van der Waals surface area contributed by atoms with Crippen LogP contribution in [0.25, 0.3) is 0 Å². The third kappa shape index (κ3) is 5.03. The molecule has 0 aromatic heterocycles. The van der Waals surface area contributed by atoms with Gasteiger partial charge in [-0.15, -0.1) is 0 Å². The molecule has 0 spiro atoms.